The van der Waals surface area contributed by atoms with Crippen LogP contribution in [-0.2, 0) is 0 Å². The van der Waals surface area contributed by atoms with Gasteiger partial charge in [-0.25, -0.2) is 4.68 Å². The first-order chi connectivity index (χ1) is 12.2. The second-order valence-electron chi connectivity index (χ2n) is 6.59. The van der Waals surface area contributed by atoms with E-state index in [2.05, 4.69) is 35.9 Å². The first kappa shape index (κ1) is 15.4. The highest BCUT2D eigenvalue weighted by Gasteiger charge is 2.40. The van der Waals surface area contributed by atoms with E-state index in [1.807, 2.05) is 36.0 Å². The SMILES string of the molecule is Cc1nn(-c2cccc(Cl)c2)c2c1[C@H]1c3ccccc3OC[C@H]1CS2. The average molecular weight is 369 g/mol. The predicted molar refractivity (Wildman–Crippen MR) is 101 cm³/mol. The Morgan fingerprint density at radius 3 is 2.96 bits per heavy atom. The Bertz CT molecular complexity index is 968. The monoisotopic (exact) mass is 368 g/mol. The van der Waals surface area contributed by atoms with Gasteiger partial charge in [0.05, 0.1) is 18.0 Å². The minimum absolute atomic E-state index is 0.356. The Hall–Kier alpha value is -1.91. The van der Waals surface area contributed by atoms with Crippen molar-refractivity contribution in [2.24, 2.45) is 5.92 Å². The number of thioether (sulfide) groups is 1. The molecule has 0 radical (unpaired) electrons. The van der Waals surface area contributed by atoms with Crippen molar-refractivity contribution in [3.8, 4) is 11.4 Å². The van der Waals surface area contributed by atoms with Crippen LogP contribution in [-0.4, -0.2) is 22.1 Å². The fourth-order valence-electron chi connectivity index (χ4n) is 3.94. The molecule has 3 aromatic rings. The van der Waals surface area contributed by atoms with E-state index in [0.717, 1.165) is 34.5 Å². The van der Waals surface area contributed by atoms with Crippen LogP contribution in [0, 0.1) is 12.8 Å². The first-order valence-electron chi connectivity index (χ1n) is 8.42. The summed E-state index contributed by atoms with van der Waals surface area (Å²) in [5, 5.41) is 6.83. The molecule has 0 saturated heterocycles. The lowest BCUT2D eigenvalue weighted by Gasteiger charge is -2.37. The fraction of sp³-hybridized carbons (Fsp3) is 0.250. The van der Waals surface area contributed by atoms with Crippen molar-refractivity contribution in [2.75, 3.05) is 12.4 Å². The van der Waals surface area contributed by atoms with Gasteiger partial charge in [-0.2, -0.15) is 5.10 Å². The fourth-order valence-corrected chi connectivity index (χ4v) is 5.48. The largest absolute Gasteiger partial charge is 0.493 e. The van der Waals surface area contributed by atoms with Crippen molar-refractivity contribution in [1.29, 1.82) is 0 Å². The maximum atomic E-state index is 6.20. The van der Waals surface area contributed by atoms with E-state index in [-0.39, 0.29) is 0 Å². The highest BCUT2D eigenvalue weighted by Crippen LogP contribution is 2.50. The summed E-state index contributed by atoms with van der Waals surface area (Å²) in [6.45, 7) is 2.89. The number of nitrogens with zero attached hydrogens (tertiary/aromatic N) is 2. The van der Waals surface area contributed by atoms with Crippen LogP contribution in [0.25, 0.3) is 5.69 Å². The Labute approximate surface area is 156 Å². The number of aryl methyl sites for hydroxylation is 1. The minimum Gasteiger partial charge on any atom is -0.493 e. The second-order valence-corrected chi connectivity index (χ2v) is 8.04. The Balaban J connectivity index is 1.70. The summed E-state index contributed by atoms with van der Waals surface area (Å²) in [5.74, 6) is 2.89. The number of hydrogen-bond acceptors (Lipinski definition) is 3. The number of hydrogen-bond donors (Lipinski definition) is 0. The molecule has 5 rings (SSSR count). The number of fused-ring (bicyclic) bond motifs is 5. The van der Waals surface area contributed by atoms with Crippen molar-refractivity contribution < 1.29 is 4.74 Å². The molecule has 3 nitrogen and oxygen atoms in total. The number of rotatable bonds is 1. The molecule has 2 atom stereocenters. The third kappa shape index (κ3) is 2.39. The van der Waals surface area contributed by atoms with Crippen LogP contribution in [0.15, 0.2) is 53.6 Å². The van der Waals surface area contributed by atoms with E-state index in [4.69, 9.17) is 21.4 Å². The number of halogens is 1. The normalized spacial score (nSPS) is 21.0. The lowest BCUT2D eigenvalue weighted by atomic mass is 9.80. The summed E-state index contributed by atoms with van der Waals surface area (Å²) >= 11 is 8.07. The summed E-state index contributed by atoms with van der Waals surface area (Å²) in [5.41, 5.74) is 4.74. The summed E-state index contributed by atoms with van der Waals surface area (Å²) in [6, 6.07) is 16.3. The lowest BCUT2D eigenvalue weighted by Crippen LogP contribution is -2.31. The Morgan fingerprint density at radius 1 is 1.20 bits per heavy atom. The smallest absolute Gasteiger partial charge is 0.123 e. The average Bonchev–Trinajstić information content (AvgIpc) is 2.98. The van der Waals surface area contributed by atoms with Gasteiger partial charge in [0, 0.05) is 33.7 Å². The molecule has 0 aliphatic carbocycles. The van der Waals surface area contributed by atoms with E-state index in [0.29, 0.717) is 11.8 Å². The topological polar surface area (TPSA) is 27.1 Å². The molecule has 0 fully saturated rings. The summed E-state index contributed by atoms with van der Waals surface area (Å²) in [7, 11) is 0. The molecule has 25 heavy (non-hydrogen) atoms. The van der Waals surface area contributed by atoms with Crippen LogP contribution in [0.1, 0.15) is 22.7 Å². The lowest BCUT2D eigenvalue weighted by molar-refractivity contribution is 0.218. The van der Waals surface area contributed by atoms with Gasteiger partial charge >= 0.3 is 0 Å². The van der Waals surface area contributed by atoms with Crippen molar-refractivity contribution >= 4 is 23.4 Å². The molecule has 2 aromatic carbocycles. The third-order valence-corrected chi connectivity index (χ3v) is 6.54. The minimum atomic E-state index is 0.356. The summed E-state index contributed by atoms with van der Waals surface area (Å²) < 4.78 is 8.05. The summed E-state index contributed by atoms with van der Waals surface area (Å²) in [4.78, 5) is 0. The number of benzene rings is 2. The highest BCUT2D eigenvalue weighted by molar-refractivity contribution is 7.99. The van der Waals surface area contributed by atoms with Gasteiger partial charge in [-0.15, -0.1) is 11.8 Å². The molecule has 126 valence electrons. The third-order valence-electron chi connectivity index (χ3n) is 5.04. The van der Waals surface area contributed by atoms with Crippen LogP contribution in [0.3, 0.4) is 0 Å². The molecule has 2 aliphatic rings. The maximum absolute atomic E-state index is 6.20. The van der Waals surface area contributed by atoms with Gasteiger partial charge in [-0.3, -0.25) is 0 Å². The zero-order valence-electron chi connectivity index (χ0n) is 13.8. The van der Waals surface area contributed by atoms with Crippen molar-refractivity contribution in [2.45, 2.75) is 17.9 Å². The molecule has 0 saturated carbocycles. The molecule has 0 N–H and O–H groups in total. The molecule has 1 aromatic heterocycles. The van der Waals surface area contributed by atoms with Gasteiger partial charge in [0.15, 0.2) is 0 Å². The van der Waals surface area contributed by atoms with Gasteiger partial charge < -0.3 is 4.74 Å². The van der Waals surface area contributed by atoms with E-state index < -0.39 is 0 Å². The van der Waals surface area contributed by atoms with Crippen molar-refractivity contribution in [3.63, 3.8) is 0 Å². The molecule has 3 heterocycles. The zero-order valence-corrected chi connectivity index (χ0v) is 15.3. The molecular formula is C20H17ClN2OS. The summed E-state index contributed by atoms with van der Waals surface area (Å²) in [6.07, 6.45) is 0. The van der Waals surface area contributed by atoms with Crippen molar-refractivity contribution in [1.82, 2.24) is 9.78 Å². The Morgan fingerprint density at radius 2 is 2.08 bits per heavy atom. The second kappa shape index (κ2) is 5.82. The van der Waals surface area contributed by atoms with Crippen LogP contribution in [0.5, 0.6) is 5.75 Å². The van der Waals surface area contributed by atoms with Crippen molar-refractivity contribution in [3.05, 3.63) is 70.4 Å². The van der Waals surface area contributed by atoms with Gasteiger partial charge in [0.1, 0.15) is 10.8 Å². The standard InChI is InChI=1S/C20H17ClN2OS/c1-12-18-19-13(10-24-17-8-3-2-7-16(17)19)11-25-20(18)23(22-12)15-6-4-5-14(21)9-15/h2-9,13,19H,10-11H2,1H3/t13-,19+/m0/s1. The van der Waals surface area contributed by atoms with Gasteiger partial charge in [-0.1, -0.05) is 35.9 Å². The molecule has 5 heteroatoms. The Kier molecular flexibility index (Phi) is 3.57. The van der Waals surface area contributed by atoms with Crippen LogP contribution < -0.4 is 4.74 Å². The number of para-hydroxylation sites is 1. The highest BCUT2D eigenvalue weighted by atomic mass is 35.5. The van der Waals surface area contributed by atoms with Crippen LogP contribution in [0.2, 0.25) is 5.02 Å². The van der Waals surface area contributed by atoms with E-state index in [9.17, 15) is 0 Å². The van der Waals surface area contributed by atoms with E-state index in [1.165, 1.54) is 16.2 Å². The molecule has 0 unspecified atom stereocenters. The van der Waals surface area contributed by atoms with Gasteiger partial charge in [-0.05, 0) is 31.2 Å². The van der Waals surface area contributed by atoms with E-state index in [1.54, 1.807) is 0 Å². The predicted octanol–water partition coefficient (Wildman–Crippen LogP) is 5.08. The van der Waals surface area contributed by atoms with Gasteiger partial charge in [0.25, 0.3) is 0 Å². The molecule has 2 aliphatic heterocycles. The van der Waals surface area contributed by atoms with E-state index >= 15 is 0 Å². The number of aromatic nitrogens is 2. The molecule has 0 bridgehead atoms. The van der Waals surface area contributed by atoms with Crippen LogP contribution >= 0.6 is 23.4 Å². The van der Waals surface area contributed by atoms with Gasteiger partial charge in [0.2, 0.25) is 0 Å². The molecule has 0 amide bonds. The first-order valence-corrected chi connectivity index (χ1v) is 9.78. The quantitative estimate of drug-likeness (QED) is 0.599. The molecular weight excluding hydrogens is 352 g/mol. The maximum Gasteiger partial charge on any atom is 0.123 e. The zero-order chi connectivity index (χ0) is 17.0. The number of ether oxygens (including phenoxy) is 1. The van der Waals surface area contributed by atoms with Crippen LogP contribution in [0.4, 0.5) is 0 Å². The molecule has 0 spiro atoms.